The first-order valence-electron chi connectivity index (χ1n) is 6.41. The maximum atomic E-state index is 13.9. The Kier molecular flexibility index (Phi) is 3.83. The minimum absolute atomic E-state index is 0.0688. The van der Waals surface area contributed by atoms with Crippen molar-refractivity contribution in [3.05, 3.63) is 50.9 Å². The molecule has 0 fully saturated rings. The molecule has 1 aliphatic rings. The van der Waals surface area contributed by atoms with Crippen molar-refractivity contribution in [1.29, 1.82) is 0 Å². The first kappa shape index (κ1) is 15.5. The van der Waals surface area contributed by atoms with Crippen LogP contribution in [0.25, 0.3) is 11.3 Å². The summed E-state index contributed by atoms with van der Waals surface area (Å²) in [4.78, 5) is 25.7. The van der Waals surface area contributed by atoms with E-state index in [2.05, 4.69) is 0 Å². The largest absolute Gasteiger partial charge is 0.494 e. The highest BCUT2D eigenvalue weighted by molar-refractivity contribution is 7.11. The highest BCUT2D eigenvalue weighted by atomic mass is 35.5. The molecule has 1 aromatic carbocycles. The van der Waals surface area contributed by atoms with Crippen LogP contribution in [-0.4, -0.2) is 19.0 Å². The molecular formula is C15H10ClFN2O3S. The fourth-order valence-corrected chi connectivity index (χ4v) is 3.34. The first-order valence-corrected chi connectivity index (χ1v) is 7.67. The molecule has 0 saturated heterocycles. The molecule has 0 saturated carbocycles. The topological polar surface area (TPSA) is 72.6 Å². The molecule has 0 atom stereocenters. The lowest BCUT2D eigenvalue weighted by Gasteiger charge is -2.11. The summed E-state index contributed by atoms with van der Waals surface area (Å²) in [6.45, 7) is 0. The number of ether oxygens (including phenoxy) is 1. The number of fused-ring (bicyclic) bond motifs is 1. The number of carbonyl (C=O) groups is 2. The number of urea groups is 1. The molecule has 2 N–H and O–H groups in total. The number of rotatable bonds is 2. The summed E-state index contributed by atoms with van der Waals surface area (Å²) >= 11 is 7.11. The molecule has 2 aromatic rings. The van der Waals surface area contributed by atoms with Gasteiger partial charge in [-0.25, -0.2) is 14.1 Å². The van der Waals surface area contributed by atoms with E-state index in [1.165, 1.54) is 24.5 Å². The Labute approximate surface area is 139 Å². The Hall–Kier alpha value is -2.38. The Morgan fingerprint density at radius 3 is 2.74 bits per heavy atom. The van der Waals surface area contributed by atoms with E-state index < -0.39 is 17.8 Å². The molecule has 3 amide bonds. The van der Waals surface area contributed by atoms with E-state index in [-0.39, 0.29) is 27.6 Å². The van der Waals surface area contributed by atoms with E-state index >= 15 is 0 Å². The van der Waals surface area contributed by atoms with Crippen molar-refractivity contribution in [3.63, 3.8) is 0 Å². The molecule has 3 rings (SSSR count). The maximum absolute atomic E-state index is 13.9. The van der Waals surface area contributed by atoms with Crippen molar-refractivity contribution in [2.45, 2.75) is 0 Å². The molecule has 0 spiro atoms. The molecule has 8 heteroatoms. The van der Waals surface area contributed by atoms with Gasteiger partial charge < -0.3 is 10.5 Å². The van der Waals surface area contributed by atoms with Crippen LogP contribution in [-0.2, 0) is 9.53 Å². The summed E-state index contributed by atoms with van der Waals surface area (Å²) < 4.78 is 19.2. The van der Waals surface area contributed by atoms with Crippen LogP contribution < -0.4 is 10.6 Å². The van der Waals surface area contributed by atoms with Crippen molar-refractivity contribution < 1.29 is 18.7 Å². The zero-order chi connectivity index (χ0) is 16.7. The highest BCUT2D eigenvalue weighted by Gasteiger charge is 2.39. The highest BCUT2D eigenvalue weighted by Crippen LogP contribution is 2.43. The third-order valence-corrected chi connectivity index (χ3v) is 4.52. The van der Waals surface area contributed by atoms with Gasteiger partial charge in [-0.2, -0.15) is 0 Å². The molecule has 2 heterocycles. The van der Waals surface area contributed by atoms with Crippen LogP contribution in [0.2, 0.25) is 5.02 Å². The summed E-state index contributed by atoms with van der Waals surface area (Å²) in [5, 5.41) is 1.60. The lowest BCUT2D eigenvalue weighted by molar-refractivity contribution is -0.112. The van der Waals surface area contributed by atoms with E-state index in [0.717, 1.165) is 11.0 Å². The molecular weight excluding hydrogens is 343 g/mol. The van der Waals surface area contributed by atoms with Crippen LogP contribution in [0.1, 0.15) is 10.4 Å². The fraction of sp³-hybridized carbons (Fsp3) is 0.0667. The van der Waals surface area contributed by atoms with Gasteiger partial charge in [0.05, 0.1) is 28.3 Å². The summed E-state index contributed by atoms with van der Waals surface area (Å²) in [6, 6.07) is 4.86. The number of amides is 3. The van der Waals surface area contributed by atoms with Crippen molar-refractivity contribution in [2.24, 2.45) is 5.73 Å². The molecule has 1 aliphatic heterocycles. The van der Waals surface area contributed by atoms with Gasteiger partial charge in [-0.05, 0) is 23.6 Å². The summed E-state index contributed by atoms with van der Waals surface area (Å²) in [5.74, 6) is -1.14. The number of hydrogen-bond donors (Lipinski definition) is 1. The van der Waals surface area contributed by atoms with Crippen molar-refractivity contribution in [1.82, 2.24) is 0 Å². The molecule has 118 valence electrons. The van der Waals surface area contributed by atoms with E-state index in [1.807, 2.05) is 5.38 Å². The van der Waals surface area contributed by atoms with Crippen LogP contribution >= 0.6 is 22.9 Å². The van der Waals surface area contributed by atoms with Gasteiger partial charge >= 0.3 is 6.03 Å². The number of primary amides is 1. The Morgan fingerprint density at radius 2 is 2.17 bits per heavy atom. The number of methoxy groups -OCH3 is 1. The van der Waals surface area contributed by atoms with Crippen molar-refractivity contribution in [2.75, 3.05) is 12.0 Å². The Balaban J connectivity index is 2.34. The number of hydrogen-bond acceptors (Lipinski definition) is 4. The number of imide groups is 1. The number of nitrogens with zero attached hydrogens (tertiary/aromatic N) is 1. The summed E-state index contributed by atoms with van der Waals surface area (Å²) in [7, 11) is 1.40. The Bertz CT molecular complexity index is 849. The van der Waals surface area contributed by atoms with Gasteiger partial charge in [-0.3, -0.25) is 4.79 Å². The second kappa shape index (κ2) is 5.68. The molecule has 5 nitrogen and oxygen atoms in total. The normalized spacial score (nSPS) is 15.6. The predicted octanol–water partition coefficient (Wildman–Crippen LogP) is 3.48. The first-order chi connectivity index (χ1) is 11.0. The SMILES string of the molecule is CO/C(=C1\C(=O)N(C(N)=O)c2cc(Cl)c(F)cc21)c1cccs1. The van der Waals surface area contributed by atoms with Crippen LogP contribution in [0.15, 0.2) is 29.6 Å². The average molecular weight is 353 g/mol. The minimum atomic E-state index is -0.976. The molecule has 23 heavy (non-hydrogen) atoms. The van der Waals surface area contributed by atoms with E-state index in [0.29, 0.717) is 4.88 Å². The zero-order valence-electron chi connectivity index (χ0n) is 11.8. The van der Waals surface area contributed by atoms with E-state index in [1.54, 1.807) is 12.1 Å². The number of anilines is 1. The van der Waals surface area contributed by atoms with Crippen LogP contribution in [0.3, 0.4) is 0 Å². The van der Waals surface area contributed by atoms with Gasteiger partial charge in [-0.1, -0.05) is 17.7 Å². The number of benzene rings is 1. The lowest BCUT2D eigenvalue weighted by atomic mass is 10.0. The third kappa shape index (κ3) is 2.38. The van der Waals surface area contributed by atoms with Crippen LogP contribution in [0.4, 0.5) is 14.9 Å². The molecule has 0 aliphatic carbocycles. The maximum Gasteiger partial charge on any atom is 0.326 e. The predicted molar refractivity (Wildman–Crippen MR) is 86.6 cm³/mol. The quantitative estimate of drug-likeness (QED) is 0.664. The third-order valence-electron chi connectivity index (χ3n) is 3.36. The van der Waals surface area contributed by atoms with Crippen LogP contribution in [0.5, 0.6) is 0 Å². The monoisotopic (exact) mass is 352 g/mol. The number of thiophene rings is 1. The lowest BCUT2D eigenvalue weighted by Crippen LogP contribution is -2.38. The number of halogens is 2. The fourth-order valence-electron chi connectivity index (χ4n) is 2.43. The molecule has 0 bridgehead atoms. The van der Waals surface area contributed by atoms with Crippen molar-refractivity contribution >= 4 is 51.9 Å². The van der Waals surface area contributed by atoms with Crippen molar-refractivity contribution in [3.8, 4) is 0 Å². The minimum Gasteiger partial charge on any atom is -0.494 e. The second-order valence-corrected chi connectivity index (χ2v) is 6.00. The smallest absolute Gasteiger partial charge is 0.326 e. The number of nitrogens with two attached hydrogens (primary N) is 1. The molecule has 0 unspecified atom stereocenters. The second-order valence-electron chi connectivity index (χ2n) is 4.65. The van der Waals surface area contributed by atoms with Crippen LogP contribution in [0, 0.1) is 5.82 Å². The summed E-state index contributed by atoms with van der Waals surface area (Å²) in [5.41, 5.74) is 5.69. The number of carbonyl (C=O) groups excluding carboxylic acids is 2. The van der Waals surface area contributed by atoms with Gasteiger partial charge in [0.15, 0.2) is 0 Å². The van der Waals surface area contributed by atoms with Gasteiger partial charge in [0.1, 0.15) is 11.6 Å². The standard InChI is InChI=1S/C15H10ClFN2O3S/c1-22-13(11-3-2-4-23-11)12-7-5-9(17)8(16)6-10(7)19(14(12)20)15(18)21/h2-6H,1H3,(H2,18,21)/b13-12-. The molecule has 0 radical (unpaired) electrons. The molecule has 1 aromatic heterocycles. The Morgan fingerprint density at radius 1 is 1.43 bits per heavy atom. The summed E-state index contributed by atoms with van der Waals surface area (Å²) in [6.07, 6.45) is 0. The van der Waals surface area contributed by atoms with Gasteiger partial charge in [0, 0.05) is 5.56 Å². The van der Waals surface area contributed by atoms with E-state index in [4.69, 9.17) is 22.1 Å². The average Bonchev–Trinajstić information content (AvgIpc) is 3.09. The zero-order valence-corrected chi connectivity index (χ0v) is 13.4. The van der Waals surface area contributed by atoms with E-state index in [9.17, 15) is 14.0 Å². The van der Waals surface area contributed by atoms with Gasteiger partial charge in [0.25, 0.3) is 5.91 Å². The van der Waals surface area contributed by atoms with Gasteiger partial charge in [-0.15, -0.1) is 11.3 Å². The van der Waals surface area contributed by atoms with Gasteiger partial charge in [0.2, 0.25) is 0 Å².